The molecule has 0 radical (unpaired) electrons. The molecule has 2 aliphatic rings. The summed E-state index contributed by atoms with van der Waals surface area (Å²) in [6.45, 7) is 0.422. The van der Waals surface area contributed by atoms with Crippen molar-refractivity contribution in [2.45, 2.75) is 25.4 Å². The summed E-state index contributed by atoms with van der Waals surface area (Å²) in [5, 5.41) is 3.87. The van der Waals surface area contributed by atoms with Gasteiger partial charge in [0.15, 0.2) is 6.10 Å². The molecule has 1 aliphatic heterocycles. The number of hydrogen-bond acceptors (Lipinski definition) is 3. The van der Waals surface area contributed by atoms with Gasteiger partial charge >= 0.3 is 0 Å². The second-order valence-electron chi connectivity index (χ2n) is 5.59. The molecule has 112 valence electrons. The number of oxime groups is 1. The van der Waals surface area contributed by atoms with Crippen LogP contribution in [-0.2, 0) is 9.63 Å². The van der Waals surface area contributed by atoms with Crippen molar-refractivity contribution in [3.63, 3.8) is 0 Å². The number of carbonyl (C=O) groups excluding carboxylic acids is 1. The van der Waals surface area contributed by atoms with Gasteiger partial charge in [0.1, 0.15) is 11.6 Å². The average molecular weight is 294 g/mol. The number of nitrogens with zero attached hydrogens (tertiary/aromatic N) is 2. The Balaban J connectivity index is 1.60. The zero-order chi connectivity index (χ0) is 15.0. The predicted octanol–water partition coefficient (Wildman–Crippen LogP) is 2.33. The van der Waals surface area contributed by atoms with Gasteiger partial charge in [-0.1, -0.05) is 5.16 Å². The molecule has 1 fully saturated rings. The van der Waals surface area contributed by atoms with Gasteiger partial charge in [-0.3, -0.25) is 4.79 Å². The minimum Gasteiger partial charge on any atom is -0.390 e. The van der Waals surface area contributed by atoms with Crippen molar-refractivity contribution >= 4 is 11.6 Å². The van der Waals surface area contributed by atoms with Gasteiger partial charge in [-0.15, -0.1) is 0 Å². The van der Waals surface area contributed by atoms with Gasteiger partial charge in [0.25, 0.3) is 0 Å². The fraction of sp³-hybridized carbons (Fsp3) is 0.467. The fourth-order valence-corrected chi connectivity index (χ4v) is 2.45. The van der Waals surface area contributed by atoms with Crippen LogP contribution < -0.4 is 0 Å². The zero-order valence-electron chi connectivity index (χ0n) is 11.7. The molecule has 1 amide bonds. The summed E-state index contributed by atoms with van der Waals surface area (Å²) in [6.07, 6.45) is 2.04. The number of likely N-dealkylation sites (N-methyl/N-ethyl adjacent to an activating group) is 1. The molecule has 0 bridgehead atoms. The normalized spacial score (nSPS) is 20.9. The van der Waals surface area contributed by atoms with Gasteiger partial charge in [-0.2, -0.15) is 0 Å². The van der Waals surface area contributed by atoms with Gasteiger partial charge in [-0.05, 0) is 25.0 Å². The molecule has 0 N–H and O–H groups in total. The van der Waals surface area contributed by atoms with Crippen molar-refractivity contribution in [1.29, 1.82) is 0 Å². The number of amides is 1. The van der Waals surface area contributed by atoms with E-state index >= 15 is 0 Å². The van der Waals surface area contributed by atoms with Crippen molar-refractivity contribution in [1.82, 2.24) is 4.90 Å². The Hall–Kier alpha value is -1.98. The number of hydrogen-bond donors (Lipinski definition) is 0. The van der Waals surface area contributed by atoms with E-state index in [-0.39, 0.29) is 23.5 Å². The first kappa shape index (κ1) is 14.0. The molecule has 21 heavy (non-hydrogen) atoms. The minimum absolute atomic E-state index is 0.125. The number of carbonyl (C=O) groups is 1. The van der Waals surface area contributed by atoms with Gasteiger partial charge in [-0.25, -0.2) is 8.78 Å². The molecule has 0 spiro atoms. The van der Waals surface area contributed by atoms with Gasteiger partial charge in [0.05, 0.1) is 12.3 Å². The van der Waals surface area contributed by atoms with Crippen molar-refractivity contribution in [3.8, 4) is 0 Å². The second kappa shape index (κ2) is 5.42. The lowest BCUT2D eigenvalue weighted by Gasteiger charge is -2.19. The third-order valence-electron chi connectivity index (χ3n) is 3.76. The molecule has 1 atom stereocenters. The molecule has 6 heteroatoms. The molecule has 0 saturated heterocycles. The van der Waals surface area contributed by atoms with Crippen LogP contribution in [0.1, 0.15) is 24.8 Å². The summed E-state index contributed by atoms with van der Waals surface area (Å²) in [7, 11) is 1.74. The maximum atomic E-state index is 13.7. The van der Waals surface area contributed by atoms with Crippen LogP contribution in [0.3, 0.4) is 0 Å². The largest absolute Gasteiger partial charge is 0.390 e. The number of rotatable bonds is 4. The molecule has 1 unspecified atom stereocenters. The standard InChI is InChI=1S/C15H16F2N2O2/c1-19(15(20)9-2-3-9)8-11-7-14(18-21-11)12-5-4-10(16)6-13(12)17/h4-6,9,11H,2-3,7-8H2,1H3. The van der Waals surface area contributed by atoms with Crippen LogP contribution in [0.15, 0.2) is 23.4 Å². The van der Waals surface area contributed by atoms with Crippen molar-refractivity contribution in [3.05, 3.63) is 35.4 Å². The SMILES string of the molecule is CN(CC1CC(c2ccc(F)cc2F)=NO1)C(=O)C1CC1. The first-order chi connectivity index (χ1) is 10.0. The molecule has 1 aromatic rings. The zero-order valence-corrected chi connectivity index (χ0v) is 11.7. The molecule has 1 aromatic carbocycles. The monoisotopic (exact) mass is 294 g/mol. The third kappa shape index (κ3) is 3.04. The summed E-state index contributed by atoms with van der Waals surface area (Å²) in [4.78, 5) is 18.8. The molecular formula is C15H16F2N2O2. The van der Waals surface area contributed by atoms with E-state index in [0.717, 1.165) is 18.9 Å². The minimum atomic E-state index is -0.652. The van der Waals surface area contributed by atoms with Crippen LogP contribution in [0, 0.1) is 17.6 Å². The molecule has 1 heterocycles. The van der Waals surface area contributed by atoms with E-state index < -0.39 is 11.6 Å². The van der Waals surface area contributed by atoms with Crippen LogP contribution in [-0.4, -0.2) is 36.2 Å². The topological polar surface area (TPSA) is 41.9 Å². The summed E-state index contributed by atoms with van der Waals surface area (Å²) in [5.74, 6) is -0.992. The quantitative estimate of drug-likeness (QED) is 0.855. The summed E-state index contributed by atoms with van der Waals surface area (Å²) in [6, 6.07) is 3.37. The van der Waals surface area contributed by atoms with E-state index in [2.05, 4.69) is 5.16 Å². The highest BCUT2D eigenvalue weighted by Crippen LogP contribution is 2.31. The highest BCUT2D eigenvalue weighted by atomic mass is 19.1. The second-order valence-corrected chi connectivity index (χ2v) is 5.59. The van der Waals surface area contributed by atoms with Gasteiger partial charge < -0.3 is 9.74 Å². The van der Waals surface area contributed by atoms with E-state index in [1.54, 1.807) is 11.9 Å². The van der Waals surface area contributed by atoms with Crippen LogP contribution in [0.25, 0.3) is 0 Å². The van der Waals surface area contributed by atoms with Crippen LogP contribution in [0.5, 0.6) is 0 Å². The lowest BCUT2D eigenvalue weighted by molar-refractivity contribution is -0.132. The van der Waals surface area contributed by atoms with E-state index in [4.69, 9.17) is 4.84 Å². The molecule has 1 saturated carbocycles. The highest BCUT2D eigenvalue weighted by molar-refractivity contribution is 6.01. The van der Waals surface area contributed by atoms with Crippen molar-refractivity contribution < 1.29 is 18.4 Å². The van der Waals surface area contributed by atoms with Crippen molar-refractivity contribution in [2.75, 3.05) is 13.6 Å². The van der Waals surface area contributed by atoms with E-state index in [9.17, 15) is 13.6 Å². The summed E-state index contributed by atoms with van der Waals surface area (Å²) < 4.78 is 26.6. The first-order valence-corrected chi connectivity index (χ1v) is 6.97. The van der Waals surface area contributed by atoms with Crippen molar-refractivity contribution in [2.24, 2.45) is 11.1 Å². The lowest BCUT2D eigenvalue weighted by Crippen LogP contribution is -2.35. The maximum Gasteiger partial charge on any atom is 0.225 e. The number of halogens is 2. The lowest BCUT2D eigenvalue weighted by atomic mass is 10.0. The van der Waals surface area contributed by atoms with E-state index in [0.29, 0.717) is 18.7 Å². The van der Waals surface area contributed by atoms with E-state index in [1.807, 2.05) is 0 Å². The summed E-state index contributed by atoms with van der Waals surface area (Å²) in [5.41, 5.74) is 0.694. The Kier molecular flexibility index (Phi) is 3.61. The number of benzene rings is 1. The fourth-order valence-electron chi connectivity index (χ4n) is 2.45. The smallest absolute Gasteiger partial charge is 0.225 e. The van der Waals surface area contributed by atoms with E-state index in [1.165, 1.54) is 12.1 Å². The Labute approximate surface area is 121 Å². The Morgan fingerprint density at radius 3 is 2.86 bits per heavy atom. The van der Waals surface area contributed by atoms with Crippen LogP contribution in [0.4, 0.5) is 8.78 Å². The average Bonchev–Trinajstić information content (AvgIpc) is 3.19. The molecule has 4 nitrogen and oxygen atoms in total. The maximum absolute atomic E-state index is 13.7. The Morgan fingerprint density at radius 1 is 1.43 bits per heavy atom. The molecule has 1 aliphatic carbocycles. The molecular weight excluding hydrogens is 278 g/mol. The Bertz CT molecular complexity index is 599. The Morgan fingerprint density at radius 2 is 2.19 bits per heavy atom. The molecule has 0 aromatic heterocycles. The van der Waals surface area contributed by atoms with Crippen LogP contribution >= 0.6 is 0 Å². The first-order valence-electron chi connectivity index (χ1n) is 6.97. The molecule has 3 rings (SSSR count). The van der Waals surface area contributed by atoms with Gasteiger partial charge in [0.2, 0.25) is 5.91 Å². The third-order valence-corrected chi connectivity index (χ3v) is 3.76. The predicted molar refractivity (Wildman–Crippen MR) is 72.7 cm³/mol. The van der Waals surface area contributed by atoms with Gasteiger partial charge in [0, 0.05) is 31.0 Å². The highest BCUT2D eigenvalue weighted by Gasteiger charge is 2.34. The summed E-state index contributed by atoms with van der Waals surface area (Å²) >= 11 is 0. The van der Waals surface area contributed by atoms with Crippen LogP contribution in [0.2, 0.25) is 0 Å².